The van der Waals surface area contributed by atoms with Crippen LogP contribution in [0.25, 0.3) is 0 Å². The van der Waals surface area contributed by atoms with E-state index in [1.165, 1.54) is 12.1 Å². The first kappa shape index (κ1) is 14.9. The Hall–Kier alpha value is -1.53. The van der Waals surface area contributed by atoms with Crippen LogP contribution in [-0.2, 0) is 0 Å². The van der Waals surface area contributed by atoms with Gasteiger partial charge in [-0.1, -0.05) is 12.1 Å². The van der Waals surface area contributed by atoms with E-state index in [-0.39, 0.29) is 11.9 Å². The highest BCUT2D eigenvalue weighted by molar-refractivity contribution is 9.10. The molecule has 0 amide bonds. The standard InChI is InChI=1S/C14H13BrFN3S/c1-9(10-2-5-12(16)6-3-10)18-14(20)19-13-7-4-11(15)8-17-13/h2-9H,1H3,(H2,17,18,19,20)/t9-/m0/s1. The first-order chi connectivity index (χ1) is 9.54. The number of halogens is 2. The molecule has 6 heteroatoms. The van der Waals surface area contributed by atoms with Gasteiger partial charge in [-0.3, -0.25) is 0 Å². The number of aromatic nitrogens is 1. The molecule has 104 valence electrons. The molecule has 0 saturated heterocycles. The van der Waals surface area contributed by atoms with Crippen molar-refractivity contribution in [3.8, 4) is 0 Å². The van der Waals surface area contributed by atoms with Gasteiger partial charge < -0.3 is 10.6 Å². The molecule has 1 aromatic heterocycles. The predicted molar refractivity (Wildman–Crippen MR) is 86.1 cm³/mol. The second-order valence-electron chi connectivity index (χ2n) is 4.23. The fourth-order valence-corrected chi connectivity index (χ4v) is 2.15. The number of hydrogen-bond acceptors (Lipinski definition) is 2. The Labute approximate surface area is 130 Å². The van der Waals surface area contributed by atoms with Crippen molar-refractivity contribution in [3.05, 3.63) is 58.4 Å². The average Bonchev–Trinajstić information content (AvgIpc) is 2.42. The molecule has 0 radical (unpaired) electrons. The van der Waals surface area contributed by atoms with Crippen LogP contribution in [0.5, 0.6) is 0 Å². The second kappa shape index (κ2) is 6.76. The van der Waals surface area contributed by atoms with E-state index in [1.807, 2.05) is 19.1 Å². The van der Waals surface area contributed by atoms with Crippen LogP contribution < -0.4 is 10.6 Å². The van der Waals surface area contributed by atoms with Gasteiger partial charge in [0, 0.05) is 10.7 Å². The molecule has 0 aliphatic carbocycles. The monoisotopic (exact) mass is 353 g/mol. The van der Waals surface area contributed by atoms with E-state index in [2.05, 4.69) is 31.5 Å². The SMILES string of the molecule is C[C@H](NC(=S)Nc1ccc(Br)cn1)c1ccc(F)cc1. The summed E-state index contributed by atoms with van der Waals surface area (Å²) in [7, 11) is 0. The van der Waals surface area contributed by atoms with Gasteiger partial charge in [-0.25, -0.2) is 9.37 Å². The topological polar surface area (TPSA) is 37.0 Å². The van der Waals surface area contributed by atoms with Crippen LogP contribution in [0.1, 0.15) is 18.5 Å². The van der Waals surface area contributed by atoms with Gasteiger partial charge in [0.1, 0.15) is 11.6 Å². The Bertz CT molecular complexity index is 586. The summed E-state index contributed by atoms with van der Waals surface area (Å²) in [5, 5.41) is 6.59. The Kier molecular flexibility index (Phi) is 5.03. The number of thiocarbonyl (C=S) groups is 1. The van der Waals surface area contributed by atoms with Gasteiger partial charge in [-0.15, -0.1) is 0 Å². The van der Waals surface area contributed by atoms with Crippen LogP contribution in [0.3, 0.4) is 0 Å². The minimum atomic E-state index is -0.249. The average molecular weight is 354 g/mol. The molecule has 0 aliphatic rings. The summed E-state index contributed by atoms with van der Waals surface area (Å²) in [5.74, 6) is 0.415. The van der Waals surface area contributed by atoms with Gasteiger partial charge in [0.15, 0.2) is 5.11 Å². The zero-order valence-corrected chi connectivity index (χ0v) is 13.1. The predicted octanol–water partition coefficient (Wildman–Crippen LogP) is 4.03. The van der Waals surface area contributed by atoms with Gasteiger partial charge >= 0.3 is 0 Å². The maximum absolute atomic E-state index is 12.9. The number of hydrogen-bond donors (Lipinski definition) is 2. The highest BCUT2D eigenvalue weighted by atomic mass is 79.9. The molecule has 2 aromatic rings. The van der Waals surface area contributed by atoms with E-state index in [0.29, 0.717) is 10.9 Å². The first-order valence-corrected chi connectivity index (χ1v) is 7.19. The molecular formula is C14H13BrFN3S. The molecule has 2 rings (SSSR count). The van der Waals surface area contributed by atoms with Crippen molar-refractivity contribution in [1.82, 2.24) is 10.3 Å². The minimum absolute atomic E-state index is 0.0222. The largest absolute Gasteiger partial charge is 0.356 e. The van der Waals surface area contributed by atoms with E-state index in [9.17, 15) is 4.39 Å². The van der Waals surface area contributed by atoms with Gasteiger partial charge in [0.25, 0.3) is 0 Å². The smallest absolute Gasteiger partial charge is 0.172 e. The third-order valence-electron chi connectivity index (χ3n) is 2.69. The molecule has 0 aliphatic heterocycles. The Morgan fingerprint density at radius 3 is 2.55 bits per heavy atom. The zero-order chi connectivity index (χ0) is 14.5. The van der Waals surface area contributed by atoms with Gasteiger partial charge in [-0.05, 0) is 64.9 Å². The maximum atomic E-state index is 12.9. The lowest BCUT2D eigenvalue weighted by Crippen LogP contribution is -2.31. The highest BCUT2D eigenvalue weighted by Crippen LogP contribution is 2.14. The maximum Gasteiger partial charge on any atom is 0.172 e. The van der Waals surface area contributed by atoms with Crippen molar-refractivity contribution in [2.45, 2.75) is 13.0 Å². The lowest BCUT2D eigenvalue weighted by atomic mass is 10.1. The molecule has 1 aromatic carbocycles. The summed E-state index contributed by atoms with van der Waals surface area (Å²) < 4.78 is 13.8. The minimum Gasteiger partial charge on any atom is -0.356 e. The highest BCUT2D eigenvalue weighted by Gasteiger charge is 2.07. The third kappa shape index (κ3) is 4.25. The molecular weight excluding hydrogens is 341 g/mol. The summed E-state index contributed by atoms with van der Waals surface area (Å²) in [6, 6.07) is 10.00. The van der Waals surface area contributed by atoms with Crippen LogP contribution in [0.2, 0.25) is 0 Å². The number of pyridine rings is 1. The van der Waals surface area contributed by atoms with Crippen LogP contribution >= 0.6 is 28.1 Å². The third-order valence-corrected chi connectivity index (χ3v) is 3.38. The van der Waals surface area contributed by atoms with Gasteiger partial charge in [0.2, 0.25) is 0 Å². The Balaban J connectivity index is 1.93. The van der Waals surface area contributed by atoms with E-state index < -0.39 is 0 Å². The quantitative estimate of drug-likeness (QED) is 0.816. The van der Waals surface area contributed by atoms with Crippen LogP contribution in [0.4, 0.5) is 10.2 Å². The molecule has 2 N–H and O–H groups in total. The van der Waals surface area contributed by atoms with Gasteiger partial charge in [-0.2, -0.15) is 0 Å². The van der Waals surface area contributed by atoms with E-state index in [0.717, 1.165) is 10.0 Å². The van der Waals surface area contributed by atoms with Crippen molar-refractivity contribution in [1.29, 1.82) is 0 Å². The molecule has 0 fully saturated rings. The van der Waals surface area contributed by atoms with Crippen molar-refractivity contribution in [3.63, 3.8) is 0 Å². The van der Waals surface area contributed by atoms with Crippen LogP contribution in [-0.4, -0.2) is 10.1 Å². The summed E-state index contributed by atoms with van der Waals surface area (Å²) in [4.78, 5) is 4.17. The first-order valence-electron chi connectivity index (χ1n) is 5.99. The summed E-state index contributed by atoms with van der Waals surface area (Å²) >= 11 is 8.54. The van der Waals surface area contributed by atoms with Crippen molar-refractivity contribution in [2.24, 2.45) is 0 Å². The Morgan fingerprint density at radius 1 is 1.25 bits per heavy atom. The normalized spacial score (nSPS) is 11.8. The molecule has 0 saturated carbocycles. The molecule has 0 spiro atoms. The fraction of sp³-hybridized carbons (Fsp3) is 0.143. The summed E-state index contributed by atoms with van der Waals surface area (Å²) in [6.45, 7) is 1.95. The molecule has 1 heterocycles. The van der Waals surface area contributed by atoms with Crippen molar-refractivity contribution in [2.75, 3.05) is 5.32 Å². The fourth-order valence-electron chi connectivity index (χ4n) is 1.63. The molecule has 0 bridgehead atoms. The van der Waals surface area contributed by atoms with E-state index >= 15 is 0 Å². The summed E-state index contributed by atoms with van der Waals surface area (Å²) in [6.07, 6.45) is 1.69. The number of rotatable bonds is 3. The lowest BCUT2D eigenvalue weighted by molar-refractivity contribution is 0.624. The molecule has 1 atom stereocenters. The zero-order valence-electron chi connectivity index (χ0n) is 10.7. The number of anilines is 1. The van der Waals surface area contributed by atoms with Crippen molar-refractivity contribution < 1.29 is 4.39 Å². The van der Waals surface area contributed by atoms with E-state index in [4.69, 9.17) is 12.2 Å². The lowest BCUT2D eigenvalue weighted by Gasteiger charge is -2.17. The Morgan fingerprint density at radius 2 is 1.95 bits per heavy atom. The number of benzene rings is 1. The second-order valence-corrected chi connectivity index (χ2v) is 5.56. The molecule has 0 unspecified atom stereocenters. The summed E-state index contributed by atoms with van der Waals surface area (Å²) in [5.41, 5.74) is 0.958. The van der Waals surface area contributed by atoms with Crippen LogP contribution in [0.15, 0.2) is 47.1 Å². The van der Waals surface area contributed by atoms with Crippen LogP contribution in [0, 0.1) is 5.82 Å². The number of nitrogens with one attached hydrogen (secondary N) is 2. The number of nitrogens with zero attached hydrogens (tertiary/aromatic N) is 1. The molecule has 20 heavy (non-hydrogen) atoms. The van der Waals surface area contributed by atoms with Gasteiger partial charge in [0.05, 0.1) is 6.04 Å². The molecule has 3 nitrogen and oxygen atoms in total. The van der Waals surface area contributed by atoms with Crippen molar-refractivity contribution >= 4 is 39.1 Å². The van der Waals surface area contributed by atoms with E-state index in [1.54, 1.807) is 18.3 Å².